The average molecular weight is 502 g/mol. The molecule has 1 heterocycles. The molecule has 11 nitrogen and oxygen atoms in total. The second kappa shape index (κ2) is 10.1. The van der Waals surface area contributed by atoms with Gasteiger partial charge in [0.05, 0.1) is 7.11 Å². The number of esters is 2. The molecule has 186 valence electrons. The number of rotatable bonds is 7. The normalized spacial score (nSPS) is 25.8. The average Bonchev–Trinajstić information content (AvgIpc) is 2.69. The highest BCUT2D eigenvalue weighted by molar-refractivity contribution is 7.88. The highest BCUT2D eigenvalue weighted by Gasteiger charge is 2.50. The van der Waals surface area contributed by atoms with Crippen molar-refractivity contribution in [3.8, 4) is 11.5 Å². The zero-order valence-electron chi connectivity index (χ0n) is 17.4. The Kier molecular flexibility index (Phi) is 8.16. The van der Waals surface area contributed by atoms with Gasteiger partial charge in [-0.15, -0.1) is 0 Å². The summed E-state index contributed by atoms with van der Waals surface area (Å²) in [5, 5.41) is 21.0. The van der Waals surface area contributed by atoms with Crippen LogP contribution in [0.3, 0.4) is 0 Å². The van der Waals surface area contributed by atoms with Crippen molar-refractivity contribution in [1.29, 1.82) is 0 Å². The Labute approximate surface area is 186 Å². The first kappa shape index (κ1) is 26.6. The second-order valence-corrected chi connectivity index (χ2v) is 8.38. The lowest BCUT2D eigenvalue weighted by Crippen LogP contribution is -2.57. The quantitative estimate of drug-likeness (QED) is 0.306. The van der Waals surface area contributed by atoms with Gasteiger partial charge in [0.25, 0.3) is 0 Å². The molecular formula is C18H21F3O11S. The molecule has 15 heteroatoms. The van der Waals surface area contributed by atoms with Gasteiger partial charge in [0, 0.05) is 13.8 Å². The summed E-state index contributed by atoms with van der Waals surface area (Å²) in [5.74, 6) is -2.81. The van der Waals surface area contributed by atoms with Crippen LogP contribution in [0.5, 0.6) is 11.5 Å². The number of carbonyl (C=O) groups is 2. The van der Waals surface area contributed by atoms with Crippen LogP contribution in [0.2, 0.25) is 0 Å². The summed E-state index contributed by atoms with van der Waals surface area (Å²) in [6.07, 6.45) is -7.77. The Hall–Kier alpha value is -2.62. The molecule has 1 aliphatic heterocycles. The van der Waals surface area contributed by atoms with Crippen LogP contribution in [0.4, 0.5) is 13.2 Å². The number of hydrogen-bond acceptors (Lipinski definition) is 11. The maximum atomic E-state index is 12.7. The van der Waals surface area contributed by atoms with Crippen LogP contribution in [0.15, 0.2) is 18.2 Å². The van der Waals surface area contributed by atoms with Gasteiger partial charge < -0.3 is 33.3 Å². The van der Waals surface area contributed by atoms with Gasteiger partial charge >= 0.3 is 27.6 Å². The first-order chi connectivity index (χ1) is 15.2. The van der Waals surface area contributed by atoms with Crippen molar-refractivity contribution in [3.05, 3.63) is 23.8 Å². The van der Waals surface area contributed by atoms with Gasteiger partial charge in [-0.1, -0.05) is 6.07 Å². The fourth-order valence-electron chi connectivity index (χ4n) is 2.99. The van der Waals surface area contributed by atoms with Gasteiger partial charge in [0.15, 0.2) is 17.6 Å². The van der Waals surface area contributed by atoms with Crippen LogP contribution in [-0.4, -0.2) is 74.2 Å². The molecule has 0 amide bonds. The lowest BCUT2D eigenvalue weighted by Gasteiger charge is -2.42. The zero-order chi connectivity index (χ0) is 25.1. The predicted molar refractivity (Wildman–Crippen MR) is 100 cm³/mol. The predicted octanol–water partition coefficient (Wildman–Crippen LogP) is 0.580. The molecule has 0 bridgehead atoms. The Balaban J connectivity index is 2.43. The largest absolute Gasteiger partial charge is 0.534 e. The van der Waals surface area contributed by atoms with Gasteiger partial charge in [-0.05, 0) is 17.7 Å². The summed E-state index contributed by atoms with van der Waals surface area (Å²) in [6, 6.07) is 3.07. The van der Waals surface area contributed by atoms with E-state index in [0.29, 0.717) is 0 Å². The zero-order valence-corrected chi connectivity index (χ0v) is 18.3. The Bertz CT molecular complexity index is 979. The first-order valence-corrected chi connectivity index (χ1v) is 10.6. The molecule has 0 saturated carbocycles. The summed E-state index contributed by atoms with van der Waals surface area (Å²) in [6.45, 7) is 1.61. The van der Waals surface area contributed by atoms with Gasteiger partial charge in [-0.3, -0.25) is 9.59 Å². The number of ether oxygens (including phenoxy) is 4. The molecule has 2 N–H and O–H groups in total. The molecule has 5 atom stereocenters. The van der Waals surface area contributed by atoms with E-state index in [4.69, 9.17) is 18.9 Å². The lowest BCUT2D eigenvalue weighted by molar-refractivity contribution is -0.242. The summed E-state index contributed by atoms with van der Waals surface area (Å²) < 4.78 is 85.4. The maximum Gasteiger partial charge on any atom is 0.534 e. The van der Waals surface area contributed by atoms with Crippen LogP contribution in [-0.2, 0) is 33.9 Å². The van der Waals surface area contributed by atoms with E-state index < -0.39 is 70.4 Å². The smallest absolute Gasteiger partial charge is 0.493 e. The molecule has 0 spiro atoms. The van der Waals surface area contributed by atoms with E-state index >= 15 is 0 Å². The molecule has 1 aromatic rings. The van der Waals surface area contributed by atoms with Crippen LogP contribution in [0, 0.1) is 0 Å². The summed E-state index contributed by atoms with van der Waals surface area (Å²) >= 11 is 0. The van der Waals surface area contributed by atoms with Crippen molar-refractivity contribution in [2.24, 2.45) is 0 Å². The third-order valence-electron chi connectivity index (χ3n) is 4.44. The van der Waals surface area contributed by atoms with Crippen LogP contribution in [0.1, 0.15) is 25.5 Å². The summed E-state index contributed by atoms with van der Waals surface area (Å²) in [7, 11) is -5.00. The molecule has 2 rings (SSSR count). The van der Waals surface area contributed by atoms with E-state index in [9.17, 15) is 41.4 Å². The first-order valence-electron chi connectivity index (χ1n) is 9.18. The van der Waals surface area contributed by atoms with Crippen molar-refractivity contribution in [2.75, 3.05) is 13.7 Å². The van der Waals surface area contributed by atoms with Gasteiger partial charge in [0.2, 0.25) is 0 Å². The van der Waals surface area contributed by atoms with E-state index in [1.807, 2.05) is 0 Å². The van der Waals surface area contributed by atoms with E-state index in [1.54, 1.807) is 0 Å². The Morgan fingerprint density at radius 2 is 1.73 bits per heavy atom. The van der Waals surface area contributed by atoms with E-state index in [-0.39, 0.29) is 11.3 Å². The fraction of sp³-hybridized carbons (Fsp3) is 0.556. The van der Waals surface area contributed by atoms with Crippen molar-refractivity contribution < 1.29 is 64.5 Å². The number of alkyl halides is 3. The van der Waals surface area contributed by atoms with Crippen LogP contribution >= 0.6 is 0 Å². The lowest BCUT2D eigenvalue weighted by atomic mass is 9.91. The van der Waals surface area contributed by atoms with Gasteiger partial charge in [0.1, 0.15) is 31.0 Å². The SMILES string of the molecule is COc1ccc(C2O[C@H](COC(C)=O)[C@@H](OC(C)=O)[C@H](O)[C@@H]2O)cc1OS(=O)(=O)C(F)(F)F. The van der Waals surface area contributed by atoms with Crippen molar-refractivity contribution in [1.82, 2.24) is 0 Å². The van der Waals surface area contributed by atoms with Crippen molar-refractivity contribution >= 4 is 22.1 Å². The molecule has 0 radical (unpaired) electrons. The number of benzene rings is 1. The molecule has 0 aromatic heterocycles. The molecule has 1 aromatic carbocycles. The van der Waals surface area contributed by atoms with Crippen LogP contribution in [0.25, 0.3) is 0 Å². The molecular weight excluding hydrogens is 481 g/mol. The molecule has 1 unspecified atom stereocenters. The minimum Gasteiger partial charge on any atom is -0.493 e. The molecule has 1 fully saturated rings. The van der Waals surface area contributed by atoms with Crippen molar-refractivity contribution in [3.63, 3.8) is 0 Å². The summed E-state index contributed by atoms with van der Waals surface area (Å²) in [5.41, 5.74) is -5.85. The number of aliphatic hydroxyl groups is 2. The third kappa shape index (κ3) is 6.25. The number of methoxy groups -OCH3 is 1. The van der Waals surface area contributed by atoms with E-state index in [1.165, 1.54) is 6.07 Å². The number of carbonyl (C=O) groups excluding carboxylic acids is 2. The van der Waals surface area contributed by atoms with Gasteiger partial charge in [-0.2, -0.15) is 21.6 Å². The number of halogens is 3. The molecule has 0 aliphatic carbocycles. The number of aliphatic hydroxyl groups excluding tert-OH is 2. The maximum absolute atomic E-state index is 12.7. The minimum atomic E-state index is -6.05. The monoisotopic (exact) mass is 502 g/mol. The fourth-order valence-corrected chi connectivity index (χ4v) is 3.45. The second-order valence-electron chi connectivity index (χ2n) is 6.85. The number of hydrogen-bond donors (Lipinski definition) is 2. The van der Waals surface area contributed by atoms with Crippen LogP contribution < -0.4 is 8.92 Å². The molecule has 33 heavy (non-hydrogen) atoms. The standard InChI is InChI=1S/C18H21F3O11S/c1-8(22)29-7-13-17(30-9(2)23)15(25)14(24)16(31-13)10-4-5-11(28-3)12(6-10)32-33(26,27)18(19,20)21/h4-6,13-17,24-25H,7H2,1-3H3/t13-,14+,15-,16?,17-/m1/s1. The van der Waals surface area contributed by atoms with Gasteiger partial charge in [-0.25, -0.2) is 0 Å². The van der Waals surface area contributed by atoms with E-state index in [2.05, 4.69) is 4.18 Å². The topological polar surface area (TPSA) is 155 Å². The summed E-state index contributed by atoms with van der Waals surface area (Å²) in [4.78, 5) is 22.5. The highest BCUT2D eigenvalue weighted by Crippen LogP contribution is 2.39. The molecule has 1 aliphatic rings. The van der Waals surface area contributed by atoms with Crippen molar-refractivity contribution in [2.45, 2.75) is 49.9 Å². The van der Waals surface area contributed by atoms with E-state index in [0.717, 1.165) is 33.1 Å². The minimum absolute atomic E-state index is 0.121. The third-order valence-corrected chi connectivity index (χ3v) is 5.40. The highest BCUT2D eigenvalue weighted by atomic mass is 32.2. The Morgan fingerprint density at radius 3 is 2.24 bits per heavy atom. The molecule has 1 saturated heterocycles. The Morgan fingerprint density at radius 1 is 1.09 bits per heavy atom.